The third-order valence-corrected chi connectivity index (χ3v) is 5.95. The number of carbonyl (C=O) groups excluding carboxylic acids is 2. The normalized spacial score (nSPS) is 22.6. The summed E-state index contributed by atoms with van der Waals surface area (Å²) >= 11 is 0. The first-order valence-corrected chi connectivity index (χ1v) is 10.3. The Bertz CT molecular complexity index is 682. The topological polar surface area (TPSA) is 78.0 Å². The molecule has 2 amide bonds. The van der Waals surface area contributed by atoms with Crippen LogP contribution >= 0.6 is 0 Å². The number of ether oxygens (including phenoxy) is 1. The lowest BCUT2D eigenvalue weighted by Gasteiger charge is -2.40. The molecule has 1 aromatic heterocycles. The molecule has 1 aromatic rings. The van der Waals surface area contributed by atoms with Gasteiger partial charge in [0.05, 0.1) is 18.8 Å². The van der Waals surface area contributed by atoms with E-state index < -0.39 is 0 Å². The number of piperidine rings is 1. The van der Waals surface area contributed by atoms with E-state index in [-0.39, 0.29) is 11.8 Å². The molecule has 8 nitrogen and oxygen atoms in total. The molecule has 0 bridgehead atoms. The predicted molar refractivity (Wildman–Crippen MR) is 105 cm³/mol. The molecular formula is C20H29N5O3. The molecule has 0 saturated carbocycles. The van der Waals surface area contributed by atoms with E-state index in [1.807, 2.05) is 17.0 Å². The second kappa shape index (κ2) is 8.87. The van der Waals surface area contributed by atoms with Crippen molar-refractivity contribution in [2.75, 3.05) is 63.9 Å². The maximum absolute atomic E-state index is 12.9. The first-order valence-electron chi connectivity index (χ1n) is 10.3. The fraction of sp³-hybridized carbons (Fsp3) is 0.650. The summed E-state index contributed by atoms with van der Waals surface area (Å²) in [7, 11) is 0. The van der Waals surface area contributed by atoms with Gasteiger partial charge in [-0.2, -0.15) is 0 Å². The number of likely N-dealkylation sites (tertiary alicyclic amines) is 1. The smallest absolute Gasteiger partial charge is 0.255 e. The molecule has 152 valence electrons. The highest BCUT2D eigenvalue weighted by atomic mass is 16.5. The zero-order valence-electron chi connectivity index (χ0n) is 16.3. The third-order valence-electron chi connectivity index (χ3n) is 5.95. The fourth-order valence-corrected chi connectivity index (χ4v) is 4.25. The summed E-state index contributed by atoms with van der Waals surface area (Å²) in [5.41, 5.74) is 0.637. The summed E-state index contributed by atoms with van der Waals surface area (Å²) in [6, 6.07) is 4.32. The Morgan fingerprint density at radius 1 is 1.07 bits per heavy atom. The fourth-order valence-electron chi connectivity index (χ4n) is 4.25. The van der Waals surface area contributed by atoms with Crippen LogP contribution in [0.25, 0.3) is 0 Å². The monoisotopic (exact) mass is 387 g/mol. The minimum Gasteiger partial charge on any atom is -0.379 e. The molecule has 1 N–H and O–H groups in total. The van der Waals surface area contributed by atoms with Crippen molar-refractivity contribution in [3.05, 3.63) is 23.9 Å². The SMILES string of the molecule is O=C1CCN(c2ccc(C(=O)N3CCC(N4CCOCC4)CC3)cn2)CCN1. The van der Waals surface area contributed by atoms with Crippen LogP contribution in [0.2, 0.25) is 0 Å². The highest BCUT2D eigenvalue weighted by Gasteiger charge is 2.28. The number of pyridine rings is 1. The van der Waals surface area contributed by atoms with Crippen molar-refractivity contribution in [3.8, 4) is 0 Å². The highest BCUT2D eigenvalue weighted by molar-refractivity contribution is 5.94. The minimum atomic E-state index is 0.0622. The van der Waals surface area contributed by atoms with Gasteiger partial charge in [0.1, 0.15) is 5.82 Å². The number of hydrogen-bond acceptors (Lipinski definition) is 6. The molecule has 0 radical (unpaired) electrons. The highest BCUT2D eigenvalue weighted by Crippen LogP contribution is 2.20. The van der Waals surface area contributed by atoms with Crippen LogP contribution in [0.4, 0.5) is 5.82 Å². The number of morpholine rings is 1. The second-order valence-corrected chi connectivity index (χ2v) is 7.66. The molecule has 0 spiro atoms. The summed E-state index contributed by atoms with van der Waals surface area (Å²) < 4.78 is 5.44. The standard InChI is InChI=1S/C20H29N5O3/c26-19-5-9-24(10-6-21-19)18-2-1-16(15-22-18)20(27)25-7-3-17(4-8-25)23-11-13-28-14-12-23/h1-2,15,17H,3-14H2,(H,21,26). The number of aromatic nitrogens is 1. The average molecular weight is 387 g/mol. The molecule has 3 aliphatic rings. The van der Waals surface area contributed by atoms with Crippen molar-refractivity contribution < 1.29 is 14.3 Å². The van der Waals surface area contributed by atoms with E-state index >= 15 is 0 Å². The molecule has 3 saturated heterocycles. The Morgan fingerprint density at radius 2 is 1.86 bits per heavy atom. The van der Waals surface area contributed by atoms with E-state index in [0.717, 1.165) is 64.6 Å². The van der Waals surface area contributed by atoms with Crippen molar-refractivity contribution in [2.45, 2.75) is 25.3 Å². The van der Waals surface area contributed by atoms with Crippen molar-refractivity contribution >= 4 is 17.6 Å². The molecule has 3 aliphatic heterocycles. The Kier molecular flexibility index (Phi) is 6.07. The maximum atomic E-state index is 12.9. The molecular weight excluding hydrogens is 358 g/mol. The minimum absolute atomic E-state index is 0.0622. The quantitative estimate of drug-likeness (QED) is 0.806. The first kappa shape index (κ1) is 19.1. The molecule has 3 fully saturated rings. The Morgan fingerprint density at radius 3 is 2.57 bits per heavy atom. The number of nitrogens with zero attached hydrogens (tertiary/aromatic N) is 4. The molecule has 4 heterocycles. The van der Waals surface area contributed by atoms with Crippen LogP contribution in [0, 0.1) is 0 Å². The van der Waals surface area contributed by atoms with Crippen LogP contribution in [-0.2, 0) is 9.53 Å². The molecule has 8 heteroatoms. The number of carbonyl (C=O) groups is 2. The van der Waals surface area contributed by atoms with E-state index in [1.54, 1.807) is 6.20 Å². The Balaban J connectivity index is 1.32. The van der Waals surface area contributed by atoms with Crippen molar-refractivity contribution in [1.82, 2.24) is 20.1 Å². The predicted octanol–water partition coefficient (Wildman–Crippen LogP) is 0.345. The van der Waals surface area contributed by atoms with Gasteiger partial charge in [-0.25, -0.2) is 4.98 Å². The van der Waals surface area contributed by atoms with Gasteiger partial charge in [-0.05, 0) is 25.0 Å². The van der Waals surface area contributed by atoms with Gasteiger partial charge < -0.3 is 19.9 Å². The second-order valence-electron chi connectivity index (χ2n) is 7.66. The Labute approximate surface area is 165 Å². The van der Waals surface area contributed by atoms with E-state index in [4.69, 9.17) is 4.74 Å². The summed E-state index contributed by atoms with van der Waals surface area (Å²) in [6.07, 6.45) is 4.18. The van der Waals surface area contributed by atoms with Gasteiger partial charge in [-0.1, -0.05) is 0 Å². The number of anilines is 1. The lowest BCUT2D eigenvalue weighted by Crippen LogP contribution is -2.50. The molecule has 28 heavy (non-hydrogen) atoms. The zero-order valence-corrected chi connectivity index (χ0v) is 16.3. The van der Waals surface area contributed by atoms with Crippen molar-refractivity contribution in [1.29, 1.82) is 0 Å². The number of amides is 2. The van der Waals surface area contributed by atoms with Crippen LogP contribution in [0.5, 0.6) is 0 Å². The summed E-state index contributed by atoms with van der Waals surface area (Å²) in [4.78, 5) is 35.4. The maximum Gasteiger partial charge on any atom is 0.255 e. The van der Waals surface area contributed by atoms with Gasteiger partial charge in [0, 0.05) is 64.5 Å². The van der Waals surface area contributed by atoms with E-state index in [2.05, 4.69) is 20.1 Å². The number of hydrogen-bond donors (Lipinski definition) is 1. The zero-order chi connectivity index (χ0) is 19.3. The molecule has 0 atom stereocenters. The third kappa shape index (κ3) is 4.44. The average Bonchev–Trinajstić information content (AvgIpc) is 2.98. The molecule has 0 aromatic carbocycles. The van der Waals surface area contributed by atoms with E-state index in [1.165, 1.54) is 0 Å². The Hall–Kier alpha value is -2.19. The lowest BCUT2D eigenvalue weighted by atomic mass is 10.0. The van der Waals surface area contributed by atoms with Gasteiger partial charge in [0.2, 0.25) is 5.91 Å². The molecule has 0 aliphatic carbocycles. The number of nitrogens with one attached hydrogen (secondary N) is 1. The van der Waals surface area contributed by atoms with Crippen molar-refractivity contribution in [3.63, 3.8) is 0 Å². The van der Waals surface area contributed by atoms with Crippen LogP contribution in [0.15, 0.2) is 18.3 Å². The van der Waals surface area contributed by atoms with Gasteiger partial charge in [0.15, 0.2) is 0 Å². The van der Waals surface area contributed by atoms with Crippen LogP contribution in [-0.4, -0.2) is 91.7 Å². The van der Waals surface area contributed by atoms with Gasteiger partial charge in [0.25, 0.3) is 5.91 Å². The summed E-state index contributed by atoms with van der Waals surface area (Å²) in [5.74, 6) is 0.959. The van der Waals surface area contributed by atoms with Crippen LogP contribution < -0.4 is 10.2 Å². The van der Waals surface area contributed by atoms with Crippen LogP contribution in [0.1, 0.15) is 29.6 Å². The number of rotatable bonds is 3. The van der Waals surface area contributed by atoms with Gasteiger partial charge in [-0.15, -0.1) is 0 Å². The largest absolute Gasteiger partial charge is 0.379 e. The first-order chi connectivity index (χ1) is 13.7. The summed E-state index contributed by atoms with van der Waals surface area (Å²) in [5, 5.41) is 2.86. The molecule has 0 unspecified atom stereocenters. The van der Waals surface area contributed by atoms with Crippen molar-refractivity contribution in [2.24, 2.45) is 0 Å². The van der Waals surface area contributed by atoms with E-state index in [0.29, 0.717) is 31.1 Å². The molecule has 4 rings (SSSR count). The van der Waals surface area contributed by atoms with Gasteiger partial charge in [-0.3, -0.25) is 14.5 Å². The lowest BCUT2D eigenvalue weighted by molar-refractivity contribution is -0.120. The van der Waals surface area contributed by atoms with Crippen LogP contribution in [0.3, 0.4) is 0 Å². The van der Waals surface area contributed by atoms with E-state index in [9.17, 15) is 9.59 Å². The van der Waals surface area contributed by atoms with Gasteiger partial charge >= 0.3 is 0 Å². The summed E-state index contributed by atoms with van der Waals surface area (Å²) in [6.45, 7) is 7.24.